The van der Waals surface area contributed by atoms with E-state index in [0.29, 0.717) is 13.0 Å². The Bertz CT molecular complexity index is 668. The number of H-pyrrole nitrogens is 2. The first-order chi connectivity index (χ1) is 9.25. The fourth-order valence-electron chi connectivity index (χ4n) is 2.56. The van der Waals surface area contributed by atoms with Crippen LogP contribution in [-0.2, 0) is 19.4 Å². The molecular formula is C13H16N4O2. The lowest BCUT2D eigenvalue weighted by Crippen LogP contribution is -2.27. The summed E-state index contributed by atoms with van der Waals surface area (Å²) in [7, 11) is 0. The predicted molar refractivity (Wildman–Crippen MR) is 72.6 cm³/mol. The van der Waals surface area contributed by atoms with Crippen molar-refractivity contribution in [2.45, 2.75) is 25.8 Å². The second kappa shape index (κ2) is 4.79. The fraction of sp³-hybridized carbons (Fsp3) is 0.385. The smallest absolute Gasteiger partial charge is 0.344 e. The molecule has 1 aromatic carbocycles. The van der Waals surface area contributed by atoms with Crippen LogP contribution < -0.4 is 16.7 Å². The molecule has 0 unspecified atom stereocenters. The van der Waals surface area contributed by atoms with Crippen LogP contribution in [0.4, 0.5) is 5.69 Å². The van der Waals surface area contributed by atoms with Gasteiger partial charge in [0.05, 0.1) is 0 Å². The quantitative estimate of drug-likeness (QED) is 0.750. The van der Waals surface area contributed by atoms with Crippen LogP contribution in [0.2, 0.25) is 0 Å². The number of benzene rings is 1. The number of aryl methyl sites for hydroxylation is 2. The minimum absolute atomic E-state index is 0.385. The highest BCUT2D eigenvalue weighted by molar-refractivity contribution is 5.59. The van der Waals surface area contributed by atoms with E-state index in [4.69, 9.17) is 0 Å². The molecule has 2 heterocycles. The Hall–Kier alpha value is -2.24. The standard InChI is InChI=1S/C13H16N4O2/c18-12-15-16-13(19)17(12)8-6-10-4-1-3-9-5-2-7-14-11(9)10/h1,3-4,14H,2,5-8H2,(H,15,18)(H,16,19). The molecule has 6 heteroatoms. The zero-order valence-electron chi connectivity index (χ0n) is 10.5. The molecule has 1 aliphatic rings. The largest absolute Gasteiger partial charge is 0.385 e. The van der Waals surface area contributed by atoms with Crippen LogP contribution in [0.3, 0.4) is 0 Å². The third-order valence-electron chi connectivity index (χ3n) is 3.53. The van der Waals surface area contributed by atoms with Crippen molar-refractivity contribution in [3.63, 3.8) is 0 Å². The van der Waals surface area contributed by atoms with Gasteiger partial charge in [-0.2, -0.15) is 0 Å². The number of hydrogen-bond acceptors (Lipinski definition) is 3. The van der Waals surface area contributed by atoms with Crippen molar-refractivity contribution in [3.8, 4) is 0 Å². The topological polar surface area (TPSA) is 82.7 Å². The van der Waals surface area contributed by atoms with E-state index in [1.807, 2.05) is 12.1 Å². The zero-order chi connectivity index (χ0) is 13.2. The van der Waals surface area contributed by atoms with Crippen molar-refractivity contribution in [3.05, 3.63) is 50.3 Å². The summed E-state index contributed by atoms with van der Waals surface area (Å²) in [4.78, 5) is 22.8. The van der Waals surface area contributed by atoms with E-state index in [0.717, 1.165) is 24.9 Å². The van der Waals surface area contributed by atoms with Crippen molar-refractivity contribution in [2.75, 3.05) is 11.9 Å². The maximum absolute atomic E-state index is 11.4. The van der Waals surface area contributed by atoms with Gasteiger partial charge >= 0.3 is 11.4 Å². The Kier molecular flexibility index (Phi) is 2.98. The van der Waals surface area contributed by atoms with Gasteiger partial charge in [-0.15, -0.1) is 0 Å². The number of nitrogens with zero attached hydrogens (tertiary/aromatic N) is 1. The molecule has 0 aliphatic carbocycles. The molecule has 0 amide bonds. The van der Waals surface area contributed by atoms with Gasteiger partial charge in [-0.25, -0.2) is 24.4 Å². The molecule has 2 aromatic rings. The van der Waals surface area contributed by atoms with Crippen LogP contribution in [0.5, 0.6) is 0 Å². The lowest BCUT2D eigenvalue weighted by Gasteiger charge is -2.21. The van der Waals surface area contributed by atoms with Gasteiger partial charge < -0.3 is 5.32 Å². The molecule has 3 rings (SSSR count). The van der Waals surface area contributed by atoms with Crippen molar-refractivity contribution >= 4 is 5.69 Å². The SMILES string of the molecule is O=c1[nH][nH]c(=O)n1CCc1cccc2c1NCCC2. The summed E-state index contributed by atoms with van der Waals surface area (Å²) in [5.41, 5.74) is 2.88. The Morgan fingerprint density at radius 2 is 1.95 bits per heavy atom. The minimum Gasteiger partial charge on any atom is -0.385 e. The van der Waals surface area contributed by atoms with E-state index in [2.05, 4.69) is 21.6 Å². The number of rotatable bonds is 3. The maximum atomic E-state index is 11.4. The van der Waals surface area contributed by atoms with E-state index < -0.39 is 0 Å². The molecule has 0 saturated carbocycles. The summed E-state index contributed by atoms with van der Waals surface area (Å²) in [5, 5.41) is 7.99. The van der Waals surface area contributed by atoms with Crippen molar-refractivity contribution < 1.29 is 0 Å². The summed E-state index contributed by atoms with van der Waals surface area (Å²) >= 11 is 0. The molecule has 1 aliphatic heterocycles. The van der Waals surface area contributed by atoms with Gasteiger partial charge in [0.1, 0.15) is 0 Å². The van der Waals surface area contributed by atoms with Crippen LogP contribution in [-0.4, -0.2) is 21.3 Å². The molecule has 100 valence electrons. The second-order valence-electron chi connectivity index (χ2n) is 4.74. The van der Waals surface area contributed by atoms with Crippen molar-refractivity contribution in [1.29, 1.82) is 0 Å². The third-order valence-corrected chi connectivity index (χ3v) is 3.53. The Labute approximate surface area is 109 Å². The van der Waals surface area contributed by atoms with E-state index in [1.54, 1.807) is 0 Å². The normalized spacial score (nSPS) is 13.9. The number of hydrogen-bond donors (Lipinski definition) is 3. The molecule has 1 aromatic heterocycles. The van der Waals surface area contributed by atoms with E-state index >= 15 is 0 Å². The Morgan fingerprint density at radius 3 is 2.74 bits per heavy atom. The lowest BCUT2D eigenvalue weighted by molar-refractivity contribution is 0.649. The average molecular weight is 260 g/mol. The molecule has 0 saturated heterocycles. The van der Waals surface area contributed by atoms with Gasteiger partial charge in [-0.05, 0) is 30.4 Å². The van der Waals surface area contributed by atoms with Crippen molar-refractivity contribution in [1.82, 2.24) is 14.8 Å². The summed E-state index contributed by atoms with van der Waals surface area (Å²) in [5.74, 6) is 0. The molecule has 19 heavy (non-hydrogen) atoms. The first kappa shape index (κ1) is 11.8. The zero-order valence-corrected chi connectivity index (χ0v) is 10.5. The predicted octanol–water partition coefficient (Wildman–Crippen LogP) is 0.465. The summed E-state index contributed by atoms with van der Waals surface area (Å²) in [6.07, 6.45) is 2.89. The highest BCUT2D eigenvalue weighted by Crippen LogP contribution is 2.26. The second-order valence-corrected chi connectivity index (χ2v) is 4.74. The first-order valence-corrected chi connectivity index (χ1v) is 6.48. The number of anilines is 1. The van der Waals surface area contributed by atoms with Gasteiger partial charge in [0, 0.05) is 18.8 Å². The number of nitrogens with one attached hydrogen (secondary N) is 3. The van der Waals surface area contributed by atoms with Crippen LogP contribution in [0, 0.1) is 0 Å². The van der Waals surface area contributed by atoms with Crippen molar-refractivity contribution in [2.24, 2.45) is 0 Å². The molecular weight excluding hydrogens is 244 g/mol. The lowest BCUT2D eigenvalue weighted by atomic mass is 9.98. The van der Waals surface area contributed by atoms with Crippen LogP contribution >= 0.6 is 0 Å². The molecule has 0 spiro atoms. The number of fused-ring (bicyclic) bond motifs is 1. The van der Waals surface area contributed by atoms with Gasteiger partial charge in [-0.3, -0.25) is 0 Å². The summed E-state index contributed by atoms with van der Waals surface area (Å²) in [6.45, 7) is 1.37. The highest BCUT2D eigenvalue weighted by Gasteiger charge is 2.12. The number of aromatic nitrogens is 3. The van der Waals surface area contributed by atoms with Crippen LogP contribution in [0.25, 0.3) is 0 Å². The summed E-state index contributed by atoms with van der Waals surface area (Å²) < 4.78 is 1.18. The summed E-state index contributed by atoms with van der Waals surface area (Å²) in [6, 6.07) is 6.20. The van der Waals surface area contributed by atoms with Crippen LogP contribution in [0.1, 0.15) is 17.5 Å². The molecule has 0 radical (unpaired) electrons. The van der Waals surface area contributed by atoms with E-state index in [-0.39, 0.29) is 11.4 Å². The van der Waals surface area contributed by atoms with Gasteiger partial charge in [-0.1, -0.05) is 18.2 Å². The fourth-order valence-corrected chi connectivity index (χ4v) is 2.56. The van der Waals surface area contributed by atoms with Gasteiger partial charge in [0.25, 0.3) is 0 Å². The van der Waals surface area contributed by atoms with Crippen LogP contribution in [0.15, 0.2) is 27.8 Å². The average Bonchev–Trinajstić information content (AvgIpc) is 2.76. The third kappa shape index (κ3) is 2.21. The Morgan fingerprint density at radius 1 is 1.16 bits per heavy atom. The van der Waals surface area contributed by atoms with E-state index in [9.17, 15) is 9.59 Å². The van der Waals surface area contributed by atoms with Gasteiger partial charge in [0.2, 0.25) is 0 Å². The minimum atomic E-state index is -0.386. The van der Waals surface area contributed by atoms with E-state index in [1.165, 1.54) is 15.8 Å². The molecule has 0 bridgehead atoms. The number of aromatic amines is 2. The maximum Gasteiger partial charge on any atom is 0.344 e. The molecule has 3 N–H and O–H groups in total. The molecule has 0 atom stereocenters. The highest BCUT2D eigenvalue weighted by atomic mass is 16.2. The first-order valence-electron chi connectivity index (χ1n) is 6.48. The van der Waals surface area contributed by atoms with Gasteiger partial charge in [0.15, 0.2) is 0 Å². The Balaban J connectivity index is 1.85. The monoisotopic (exact) mass is 260 g/mol. The number of para-hydroxylation sites is 1. The molecule has 6 nitrogen and oxygen atoms in total. The molecule has 0 fully saturated rings.